The van der Waals surface area contributed by atoms with Crippen LogP contribution >= 0.6 is 11.6 Å². The molecule has 0 N–H and O–H groups in total. The van der Waals surface area contributed by atoms with E-state index in [1.54, 1.807) is 11.8 Å². The molecule has 1 heterocycles. The maximum Gasteiger partial charge on any atom is 0.325 e. The highest BCUT2D eigenvalue weighted by Gasteiger charge is 2.25. The summed E-state index contributed by atoms with van der Waals surface area (Å²) in [5, 5.41) is 0.651. The van der Waals surface area contributed by atoms with E-state index in [9.17, 15) is 0 Å². The van der Waals surface area contributed by atoms with Crippen LogP contribution in [0.3, 0.4) is 0 Å². The van der Waals surface area contributed by atoms with E-state index in [1.807, 2.05) is 6.07 Å². The summed E-state index contributed by atoms with van der Waals surface area (Å²) in [5.41, 5.74) is 2.59. The molecular formula is C9H11ClNO+. The summed E-state index contributed by atoms with van der Waals surface area (Å²) >= 11 is 5.95. The highest BCUT2D eigenvalue weighted by molar-refractivity contribution is 6.28. The Balaban J connectivity index is 2.57. The molecule has 2 nitrogen and oxygen atoms in total. The molecule has 0 radical (unpaired) electrons. The summed E-state index contributed by atoms with van der Waals surface area (Å²) in [4.78, 5) is 5.17. The fourth-order valence-electron chi connectivity index (χ4n) is 1.73. The van der Waals surface area contributed by atoms with Gasteiger partial charge in [-0.05, 0) is 30.5 Å². The summed E-state index contributed by atoms with van der Waals surface area (Å²) in [6.07, 6.45) is 3.43. The van der Waals surface area contributed by atoms with Crippen molar-refractivity contribution in [1.82, 2.24) is 0 Å². The third-order valence-electron chi connectivity index (χ3n) is 2.27. The Morgan fingerprint density at radius 1 is 1.42 bits per heavy atom. The largest absolute Gasteiger partial charge is 0.325 e. The third kappa shape index (κ3) is 1.07. The number of hydrogen-bond donors (Lipinski definition) is 0. The van der Waals surface area contributed by atoms with E-state index >= 15 is 0 Å². The average molecular weight is 185 g/mol. The van der Waals surface area contributed by atoms with Gasteiger partial charge < -0.3 is 0 Å². The van der Waals surface area contributed by atoms with E-state index in [0.717, 1.165) is 12.8 Å². The lowest BCUT2D eigenvalue weighted by Crippen LogP contribution is -2.45. The van der Waals surface area contributed by atoms with E-state index in [1.165, 1.54) is 17.7 Å². The molecule has 0 bridgehead atoms. The molecule has 1 aliphatic carbocycles. The Bertz CT molecular complexity index is 312. The molecule has 1 aliphatic rings. The zero-order chi connectivity index (χ0) is 8.55. The number of hydrogen-bond acceptors (Lipinski definition) is 1. The smallest absolute Gasteiger partial charge is 0.273 e. The van der Waals surface area contributed by atoms with Gasteiger partial charge in [0, 0.05) is 22.8 Å². The van der Waals surface area contributed by atoms with Gasteiger partial charge in [-0.15, -0.1) is 0 Å². The van der Waals surface area contributed by atoms with Crippen molar-refractivity contribution >= 4 is 11.6 Å². The molecule has 1 aromatic heterocycles. The maximum absolute atomic E-state index is 5.95. The predicted octanol–water partition coefficient (Wildman–Crippen LogP) is 1.17. The number of fused-ring (bicyclic) bond motifs is 1. The molecule has 0 atom stereocenters. The molecule has 0 saturated carbocycles. The summed E-state index contributed by atoms with van der Waals surface area (Å²) in [7, 11) is 1.64. The molecular weight excluding hydrogens is 174 g/mol. The molecule has 64 valence electrons. The Morgan fingerprint density at radius 2 is 2.25 bits per heavy atom. The van der Waals surface area contributed by atoms with Crippen molar-refractivity contribution in [2.75, 3.05) is 7.11 Å². The second kappa shape index (κ2) is 2.94. The van der Waals surface area contributed by atoms with E-state index < -0.39 is 0 Å². The highest BCUT2D eigenvalue weighted by Crippen LogP contribution is 2.19. The van der Waals surface area contributed by atoms with Crippen LogP contribution in [0.25, 0.3) is 0 Å². The molecule has 0 fully saturated rings. The van der Waals surface area contributed by atoms with Gasteiger partial charge in [-0.2, -0.15) is 0 Å². The Hall–Kier alpha value is -0.760. The monoisotopic (exact) mass is 184 g/mol. The lowest BCUT2D eigenvalue weighted by molar-refractivity contribution is -0.888. The van der Waals surface area contributed by atoms with Crippen molar-refractivity contribution in [3.8, 4) is 0 Å². The van der Waals surface area contributed by atoms with Gasteiger partial charge >= 0.3 is 5.15 Å². The minimum Gasteiger partial charge on any atom is -0.273 e. The molecule has 2 rings (SSSR count). The summed E-state index contributed by atoms with van der Waals surface area (Å²) in [6, 6.07) is 3.97. The van der Waals surface area contributed by atoms with Crippen molar-refractivity contribution in [1.29, 1.82) is 0 Å². The van der Waals surface area contributed by atoms with Crippen molar-refractivity contribution < 1.29 is 9.57 Å². The van der Waals surface area contributed by atoms with Crippen molar-refractivity contribution in [3.63, 3.8) is 0 Å². The van der Waals surface area contributed by atoms with Crippen molar-refractivity contribution in [2.45, 2.75) is 19.3 Å². The zero-order valence-electron chi connectivity index (χ0n) is 7.01. The molecule has 0 unspecified atom stereocenters. The van der Waals surface area contributed by atoms with Crippen LogP contribution in [-0.2, 0) is 12.8 Å². The Kier molecular flexibility index (Phi) is 1.93. The Morgan fingerprint density at radius 3 is 3.00 bits per heavy atom. The average Bonchev–Trinajstić information content (AvgIpc) is 2.52. The molecule has 12 heavy (non-hydrogen) atoms. The van der Waals surface area contributed by atoms with E-state index in [0.29, 0.717) is 5.15 Å². The van der Waals surface area contributed by atoms with Gasteiger partial charge in [0.05, 0.1) is 0 Å². The normalized spacial score (nSPS) is 14.5. The van der Waals surface area contributed by atoms with Crippen LogP contribution in [0.15, 0.2) is 12.1 Å². The second-order valence-electron chi connectivity index (χ2n) is 2.96. The van der Waals surface area contributed by atoms with Gasteiger partial charge in [0.25, 0.3) is 0 Å². The highest BCUT2D eigenvalue weighted by atomic mass is 35.5. The van der Waals surface area contributed by atoms with Crippen LogP contribution in [0, 0.1) is 0 Å². The number of aryl methyl sites for hydroxylation is 1. The lowest BCUT2D eigenvalue weighted by atomic mass is 10.2. The zero-order valence-corrected chi connectivity index (χ0v) is 7.77. The van der Waals surface area contributed by atoms with Crippen LogP contribution in [-0.4, -0.2) is 7.11 Å². The summed E-state index contributed by atoms with van der Waals surface area (Å²) < 4.78 is 1.71. The van der Waals surface area contributed by atoms with Gasteiger partial charge in [0.2, 0.25) is 5.69 Å². The minimum atomic E-state index is 0.651. The second-order valence-corrected chi connectivity index (χ2v) is 3.35. The van der Waals surface area contributed by atoms with Crippen molar-refractivity contribution in [3.05, 3.63) is 28.5 Å². The first-order valence-electron chi connectivity index (χ1n) is 4.09. The summed E-state index contributed by atoms with van der Waals surface area (Å²) in [5.74, 6) is 0. The number of rotatable bonds is 1. The minimum absolute atomic E-state index is 0.651. The first kappa shape index (κ1) is 7.87. The number of aromatic nitrogens is 1. The molecule has 3 heteroatoms. The van der Waals surface area contributed by atoms with Gasteiger partial charge in [-0.25, -0.2) is 0 Å². The van der Waals surface area contributed by atoms with E-state index in [4.69, 9.17) is 16.4 Å². The van der Waals surface area contributed by atoms with Crippen LogP contribution in [0.1, 0.15) is 17.7 Å². The first-order valence-corrected chi connectivity index (χ1v) is 4.47. The van der Waals surface area contributed by atoms with Gasteiger partial charge in [-0.1, -0.05) is 0 Å². The van der Waals surface area contributed by atoms with E-state index in [-0.39, 0.29) is 0 Å². The van der Waals surface area contributed by atoms with Crippen LogP contribution in [0.5, 0.6) is 0 Å². The molecule has 0 spiro atoms. The topological polar surface area (TPSA) is 13.1 Å². The quantitative estimate of drug-likeness (QED) is 0.472. The first-order chi connectivity index (χ1) is 5.83. The fourth-order valence-corrected chi connectivity index (χ4v) is 1.96. The fraction of sp³-hybridized carbons (Fsp3) is 0.444. The lowest BCUT2D eigenvalue weighted by Gasteiger charge is -1.98. The Labute approximate surface area is 76.7 Å². The standard InChI is InChI=1S/C9H11ClNO/c1-12-11-8-4-2-3-7(8)5-6-9(11)10/h5-6H,2-4H2,1H3/q+1. The molecule has 0 saturated heterocycles. The summed E-state index contributed by atoms with van der Waals surface area (Å²) in [6.45, 7) is 0. The van der Waals surface area contributed by atoms with E-state index in [2.05, 4.69) is 6.07 Å². The molecule has 0 aromatic carbocycles. The van der Waals surface area contributed by atoms with Gasteiger partial charge in [0.1, 0.15) is 7.11 Å². The number of halogens is 1. The van der Waals surface area contributed by atoms with Crippen LogP contribution < -0.4 is 9.57 Å². The van der Waals surface area contributed by atoms with Gasteiger partial charge in [-0.3, -0.25) is 4.84 Å². The molecule has 0 amide bonds. The maximum atomic E-state index is 5.95. The van der Waals surface area contributed by atoms with Crippen LogP contribution in [0.2, 0.25) is 5.15 Å². The predicted molar refractivity (Wildman–Crippen MR) is 46.2 cm³/mol. The van der Waals surface area contributed by atoms with Crippen LogP contribution in [0.4, 0.5) is 0 Å². The third-order valence-corrected chi connectivity index (χ3v) is 2.55. The van der Waals surface area contributed by atoms with Crippen molar-refractivity contribution in [2.24, 2.45) is 0 Å². The SMILES string of the molecule is CO[n+]1c(Cl)ccc2c1CCC2. The molecule has 0 aliphatic heterocycles. The van der Waals surface area contributed by atoms with Gasteiger partial charge in [0.15, 0.2) is 0 Å². The molecule has 1 aromatic rings. The number of nitrogens with zero attached hydrogens (tertiary/aromatic N) is 1. The number of pyridine rings is 1.